The zero-order chi connectivity index (χ0) is 18.9. The number of Topliss-reactive ketones (excluding diaryl/α,β-unsaturated/α-hetero) is 1. The van der Waals surface area contributed by atoms with Crippen LogP contribution in [0.3, 0.4) is 0 Å². The van der Waals surface area contributed by atoms with Crippen molar-refractivity contribution in [2.75, 3.05) is 0 Å². The highest BCUT2D eigenvalue weighted by atomic mass is 16.7. The minimum Gasteiger partial charge on any atom is -0.455 e. The highest BCUT2D eigenvalue weighted by Crippen LogP contribution is 2.51. The fraction of sp³-hybridized carbons (Fsp3) is 0.600. The lowest BCUT2D eigenvalue weighted by molar-refractivity contribution is -0.220. The van der Waals surface area contributed by atoms with Crippen LogP contribution in [0.1, 0.15) is 40.0 Å². The molecular formula is C20H24O6. The second kappa shape index (κ2) is 5.62. The van der Waals surface area contributed by atoms with Crippen molar-refractivity contribution in [2.45, 2.75) is 69.7 Å². The lowest BCUT2D eigenvalue weighted by Crippen LogP contribution is -2.51. The molecule has 6 atom stereocenters. The van der Waals surface area contributed by atoms with Crippen LogP contribution in [0, 0.1) is 5.92 Å². The van der Waals surface area contributed by atoms with E-state index in [-0.39, 0.29) is 23.8 Å². The molecule has 4 aliphatic heterocycles. The standard InChI is InChI=1S/C20H24O6/c1-10(2)14-6-5-12-7-13(24-17(12)22)9-19(4)18(26-19)20(23)8-11(3)15(21)16(14)25-20/h7-8,13-14,16,18,23H,1,5-6,9H2,2-4H3/t13-,14+,16+,18+,19-,20+/m1/s1. The van der Waals surface area contributed by atoms with Crippen LogP contribution in [0.25, 0.3) is 0 Å². The maximum atomic E-state index is 12.7. The Bertz CT molecular complexity index is 764. The van der Waals surface area contributed by atoms with Gasteiger partial charge in [-0.25, -0.2) is 4.79 Å². The summed E-state index contributed by atoms with van der Waals surface area (Å²) in [5.74, 6) is -2.48. The van der Waals surface area contributed by atoms with Crippen molar-refractivity contribution in [3.8, 4) is 0 Å². The summed E-state index contributed by atoms with van der Waals surface area (Å²) in [6.45, 7) is 9.37. The van der Waals surface area contributed by atoms with Crippen LogP contribution in [-0.2, 0) is 23.8 Å². The van der Waals surface area contributed by atoms with Gasteiger partial charge >= 0.3 is 5.97 Å². The molecule has 1 N–H and O–H groups in total. The van der Waals surface area contributed by atoms with Crippen molar-refractivity contribution in [1.29, 1.82) is 0 Å². The van der Waals surface area contributed by atoms with Crippen LogP contribution < -0.4 is 0 Å². The largest absolute Gasteiger partial charge is 0.455 e. The molecule has 0 saturated carbocycles. The molecule has 0 unspecified atom stereocenters. The van der Waals surface area contributed by atoms with Gasteiger partial charge in [0.25, 0.3) is 0 Å². The molecule has 4 rings (SSSR count). The molecule has 0 aromatic heterocycles. The quantitative estimate of drug-likeness (QED) is 0.437. The first-order valence-electron chi connectivity index (χ1n) is 9.02. The monoisotopic (exact) mass is 360 g/mol. The number of rotatable bonds is 1. The number of carbonyl (C=O) groups is 2. The van der Waals surface area contributed by atoms with Gasteiger partial charge in [-0.05, 0) is 51.3 Å². The van der Waals surface area contributed by atoms with Crippen LogP contribution in [0.4, 0.5) is 0 Å². The number of fused-ring (bicyclic) bond motifs is 5. The molecule has 0 amide bonds. The second-order valence-electron chi connectivity index (χ2n) is 8.12. The number of aliphatic hydroxyl groups is 1. The Balaban J connectivity index is 1.76. The molecule has 1 fully saturated rings. The Hall–Kier alpha value is -1.76. The molecule has 4 heterocycles. The van der Waals surface area contributed by atoms with E-state index in [1.54, 1.807) is 6.92 Å². The van der Waals surface area contributed by atoms with Crippen molar-refractivity contribution < 1.29 is 28.9 Å². The number of ether oxygens (including phenoxy) is 3. The smallest absolute Gasteiger partial charge is 0.334 e. The minimum absolute atomic E-state index is 0.164. The van der Waals surface area contributed by atoms with Crippen molar-refractivity contribution in [3.05, 3.63) is 35.5 Å². The summed E-state index contributed by atoms with van der Waals surface area (Å²) < 4.78 is 17.2. The molecule has 1 saturated heterocycles. The summed E-state index contributed by atoms with van der Waals surface area (Å²) in [5, 5.41) is 11.1. The Morgan fingerprint density at radius 3 is 2.77 bits per heavy atom. The second-order valence-corrected chi connectivity index (χ2v) is 8.12. The van der Waals surface area contributed by atoms with Crippen molar-refractivity contribution in [1.82, 2.24) is 0 Å². The average molecular weight is 360 g/mol. The molecule has 0 radical (unpaired) electrons. The zero-order valence-electron chi connectivity index (χ0n) is 15.3. The summed E-state index contributed by atoms with van der Waals surface area (Å²) in [5.41, 5.74) is 1.17. The van der Waals surface area contributed by atoms with Crippen LogP contribution in [0.2, 0.25) is 0 Å². The van der Waals surface area contributed by atoms with Crippen LogP contribution in [0.15, 0.2) is 35.5 Å². The first-order valence-corrected chi connectivity index (χ1v) is 9.02. The van der Waals surface area contributed by atoms with Crippen molar-refractivity contribution in [2.24, 2.45) is 5.92 Å². The van der Waals surface area contributed by atoms with Crippen LogP contribution >= 0.6 is 0 Å². The normalized spacial score (nSPS) is 44.8. The van der Waals surface area contributed by atoms with Gasteiger partial charge in [0.05, 0.1) is 0 Å². The van der Waals surface area contributed by atoms with E-state index in [0.29, 0.717) is 30.4 Å². The van der Waals surface area contributed by atoms with E-state index in [2.05, 4.69) is 6.58 Å². The molecule has 6 nitrogen and oxygen atoms in total. The molecule has 0 aromatic carbocycles. The van der Waals surface area contributed by atoms with Gasteiger partial charge in [0.2, 0.25) is 5.79 Å². The van der Waals surface area contributed by atoms with Gasteiger partial charge in [-0.1, -0.05) is 12.2 Å². The minimum atomic E-state index is -1.68. The van der Waals surface area contributed by atoms with Gasteiger partial charge in [-0.15, -0.1) is 0 Å². The first kappa shape index (κ1) is 17.6. The summed E-state index contributed by atoms with van der Waals surface area (Å²) in [6, 6.07) is 0. The lowest BCUT2D eigenvalue weighted by Gasteiger charge is -2.38. The fourth-order valence-electron chi connectivity index (χ4n) is 4.40. The van der Waals surface area contributed by atoms with Crippen molar-refractivity contribution >= 4 is 11.8 Å². The van der Waals surface area contributed by atoms with E-state index in [4.69, 9.17) is 14.2 Å². The average Bonchev–Trinajstić information content (AvgIpc) is 3.09. The third-order valence-electron chi connectivity index (χ3n) is 5.88. The van der Waals surface area contributed by atoms with E-state index < -0.39 is 23.6 Å². The summed E-state index contributed by atoms with van der Waals surface area (Å²) >= 11 is 0. The van der Waals surface area contributed by atoms with E-state index in [1.807, 2.05) is 19.9 Å². The highest BCUT2D eigenvalue weighted by Gasteiger charge is 2.66. The zero-order valence-corrected chi connectivity index (χ0v) is 15.3. The van der Waals surface area contributed by atoms with E-state index in [9.17, 15) is 14.7 Å². The topological polar surface area (TPSA) is 85.4 Å². The molecule has 26 heavy (non-hydrogen) atoms. The van der Waals surface area contributed by atoms with Gasteiger partial charge in [0.15, 0.2) is 5.78 Å². The number of hydrogen-bond donors (Lipinski definition) is 1. The maximum absolute atomic E-state index is 12.7. The summed E-state index contributed by atoms with van der Waals surface area (Å²) in [7, 11) is 0. The van der Waals surface area contributed by atoms with E-state index in [1.165, 1.54) is 6.08 Å². The Labute approximate surface area is 152 Å². The maximum Gasteiger partial charge on any atom is 0.334 e. The number of hydrogen-bond acceptors (Lipinski definition) is 6. The molecule has 0 aromatic rings. The molecular weight excluding hydrogens is 336 g/mol. The number of carbonyl (C=O) groups excluding carboxylic acids is 2. The SMILES string of the molecule is C=C(C)[C@@H]1CCC2=C[C@H](C[C@@]3(C)O[C@@H]3[C@]3(O)C=C(C)C(=O)[C@H]1O3)OC2=O. The summed E-state index contributed by atoms with van der Waals surface area (Å²) in [4.78, 5) is 24.9. The fourth-order valence-corrected chi connectivity index (χ4v) is 4.40. The third kappa shape index (κ3) is 2.68. The first-order chi connectivity index (χ1) is 12.1. The van der Waals surface area contributed by atoms with E-state index in [0.717, 1.165) is 5.57 Å². The van der Waals surface area contributed by atoms with Gasteiger partial charge in [0.1, 0.15) is 23.9 Å². The Morgan fingerprint density at radius 2 is 2.08 bits per heavy atom. The summed E-state index contributed by atoms with van der Waals surface area (Å²) in [6.07, 6.45) is 2.88. The Morgan fingerprint density at radius 1 is 1.35 bits per heavy atom. The third-order valence-corrected chi connectivity index (χ3v) is 5.88. The number of esters is 1. The predicted molar refractivity (Wildman–Crippen MR) is 92.0 cm³/mol. The molecule has 0 spiro atoms. The number of epoxide rings is 1. The van der Waals surface area contributed by atoms with Gasteiger partial charge in [0, 0.05) is 17.9 Å². The molecule has 4 bridgehead atoms. The predicted octanol–water partition coefficient (Wildman–Crippen LogP) is 1.97. The van der Waals surface area contributed by atoms with Crippen LogP contribution in [0.5, 0.6) is 0 Å². The molecule has 6 heteroatoms. The van der Waals surface area contributed by atoms with Gasteiger partial charge in [-0.2, -0.15) is 0 Å². The highest BCUT2D eigenvalue weighted by molar-refractivity contribution is 5.99. The van der Waals surface area contributed by atoms with Gasteiger partial charge < -0.3 is 19.3 Å². The number of ketones is 1. The molecule has 0 aliphatic carbocycles. The molecule has 140 valence electrons. The van der Waals surface area contributed by atoms with E-state index >= 15 is 0 Å². The molecule has 4 aliphatic rings. The Kier molecular flexibility index (Phi) is 3.81. The van der Waals surface area contributed by atoms with Crippen molar-refractivity contribution in [3.63, 3.8) is 0 Å². The van der Waals surface area contributed by atoms with Crippen LogP contribution in [-0.4, -0.2) is 46.6 Å². The lowest BCUT2D eigenvalue weighted by atomic mass is 9.82. The van der Waals surface area contributed by atoms with Gasteiger partial charge in [-0.3, -0.25) is 4.79 Å².